The molecular weight excluding hydrogens is 168 g/mol. The van der Waals surface area contributed by atoms with E-state index in [1.165, 1.54) is 6.92 Å². The van der Waals surface area contributed by atoms with E-state index in [1.54, 1.807) is 0 Å². The van der Waals surface area contributed by atoms with Gasteiger partial charge < -0.3 is 9.87 Å². The summed E-state index contributed by atoms with van der Waals surface area (Å²) in [5.41, 5.74) is 0. The van der Waals surface area contributed by atoms with Gasteiger partial charge in [0.25, 0.3) is 0 Å². The molecule has 1 unspecified atom stereocenters. The SMILES string of the molecule is CC(=O)NCCCNS(=O)[O-]. The van der Waals surface area contributed by atoms with Crippen LogP contribution in [0.3, 0.4) is 0 Å². The van der Waals surface area contributed by atoms with Gasteiger partial charge in [0.05, 0.1) is 0 Å². The van der Waals surface area contributed by atoms with Gasteiger partial charge in [0.15, 0.2) is 0 Å². The van der Waals surface area contributed by atoms with Crippen molar-refractivity contribution in [1.29, 1.82) is 0 Å². The van der Waals surface area contributed by atoms with Gasteiger partial charge in [0.2, 0.25) is 5.91 Å². The molecule has 66 valence electrons. The van der Waals surface area contributed by atoms with Gasteiger partial charge in [-0.15, -0.1) is 0 Å². The first-order chi connectivity index (χ1) is 5.13. The zero-order valence-electron chi connectivity index (χ0n) is 6.25. The van der Waals surface area contributed by atoms with Crippen LogP contribution in [0.5, 0.6) is 0 Å². The predicted octanol–water partition coefficient (Wildman–Crippen LogP) is -1.10. The highest BCUT2D eigenvalue weighted by atomic mass is 32.2. The van der Waals surface area contributed by atoms with Crippen LogP contribution in [0.4, 0.5) is 0 Å². The van der Waals surface area contributed by atoms with Crippen molar-refractivity contribution in [2.75, 3.05) is 13.1 Å². The lowest BCUT2D eigenvalue weighted by Gasteiger charge is -2.06. The van der Waals surface area contributed by atoms with Gasteiger partial charge in [-0.25, -0.2) is 4.72 Å². The first-order valence-electron chi connectivity index (χ1n) is 3.20. The van der Waals surface area contributed by atoms with Crippen molar-refractivity contribution in [2.45, 2.75) is 13.3 Å². The summed E-state index contributed by atoms with van der Waals surface area (Å²) in [4.78, 5) is 10.3. The number of rotatable bonds is 5. The van der Waals surface area contributed by atoms with Crippen molar-refractivity contribution in [3.63, 3.8) is 0 Å². The van der Waals surface area contributed by atoms with E-state index in [-0.39, 0.29) is 5.91 Å². The fraction of sp³-hybridized carbons (Fsp3) is 0.800. The van der Waals surface area contributed by atoms with Gasteiger partial charge in [-0.3, -0.25) is 9.00 Å². The number of carbonyl (C=O) groups excluding carboxylic acids is 1. The molecule has 1 atom stereocenters. The van der Waals surface area contributed by atoms with Gasteiger partial charge in [-0.05, 0) is 6.42 Å². The topological polar surface area (TPSA) is 81.3 Å². The molecule has 0 aliphatic carbocycles. The number of hydrogen-bond donors (Lipinski definition) is 2. The van der Waals surface area contributed by atoms with Gasteiger partial charge in [-0.1, -0.05) is 0 Å². The molecule has 0 heterocycles. The second kappa shape index (κ2) is 6.26. The lowest BCUT2D eigenvalue weighted by Crippen LogP contribution is -2.25. The maximum Gasteiger partial charge on any atom is 0.216 e. The third-order valence-corrected chi connectivity index (χ3v) is 1.39. The fourth-order valence-electron chi connectivity index (χ4n) is 0.508. The summed E-state index contributed by atoms with van der Waals surface area (Å²) in [6, 6.07) is 0. The van der Waals surface area contributed by atoms with E-state index in [0.717, 1.165) is 0 Å². The second-order valence-electron chi connectivity index (χ2n) is 1.97. The molecule has 0 fully saturated rings. The molecular formula is C5H11N2O3S-. The molecule has 0 bridgehead atoms. The number of carbonyl (C=O) groups is 1. The molecule has 0 aliphatic heterocycles. The van der Waals surface area contributed by atoms with Crippen LogP contribution in [0.25, 0.3) is 0 Å². The Hall–Kier alpha value is -0.460. The highest BCUT2D eigenvalue weighted by Crippen LogP contribution is 1.74. The zero-order valence-corrected chi connectivity index (χ0v) is 7.07. The van der Waals surface area contributed by atoms with Crippen LogP contribution in [0, 0.1) is 0 Å². The Morgan fingerprint density at radius 3 is 2.64 bits per heavy atom. The normalized spacial score (nSPS) is 12.5. The minimum absolute atomic E-state index is 0.103. The summed E-state index contributed by atoms with van der Waals surface area (Å²) in [6.45, 7) is 2.27. The summed E-state index contributed by atoms with van der Waals surface area (Å²) < 4.78 is 22.0. The third kappa shape index (κ3) is 9.54. The van der Waals surface area contributed by atoms with Crippen molar-refractivity contribution in [1.82, 2.24) is 10.0 Å². The van der Waals surface area contributed by atoms with E-state index in [1.807, 2.05) is 0 Å². The molecule has 0 saturated heterocycles. The van der Waals surface area contributed by atoms with E-state index in [4.69, 9.17) is 0 Å². The van der Waals surface area contributed by atoms with Crippen LogP contribution in [-0.2, 0) is 16.1 Å². The molecule has 0 rings (SSSR count). The Balaban J connectivity index is 3.03. The minimum atomic E-state index is -2.19. The summed E-state index contributed by atoms with van der Waals surface area (Å²) in [5, 5.41) is 2.54. The Morgan fingerprint density at radius 2 is 2.18 bits per heavy atom. The Kier molecular flexibility index (Phi) is 6.00. The third-order valence-electron chi connectivity index (χ3n) is 0.947. The number of nitrogens with one attached hydrogen (secondary N) is 2. The molecule has 11 heavy (non-hydrogen) atoms. The lowest BCUT2D eigenvalue weighted by molar-refractivity contribution is -0.118. The molecule has 5 nitrogen and oxygen atoms in total. The van der Waals surface area contributed by atoms with Gasteiger partial charge in [0, 0.05) is 31.3 Å². The molecule has 0 aliphatic rings. The van der Waals surface area contributed by atoms with E-state index in [2.05, 4.69) is 10.0 Å². The molecule has 1 amide bonds. The van der Waals surface area contributed by atoms with Crippen molar-refractivity contribution in [3.8, 4) is 0 Å². The molecule has 0 aromatic heterocycles. The standard InChI is InChI=1S/C5H12N2O3S/c1-5(8)6-3-2-4-7-11(9)10/h7H,2-4H2,1H3,(H,6,8)(H,9,10)/p-1. The predicted molar refractivity (Wildman–Crippen MR) is 40.2 cm³/mol. The molecule has 0 aromatic rings. The summed E-state index contributed by atoms with van der Waals surface area (Å²) in [7, 11) is 0. The van der Waals surface area contributed by atoms with Crippen LogP contribution in [0.2, 0.25) is 0 Å². The molecule has 0 saturated carbocycles. The maximum atomic E-state index is 10.3. The van der Waals surface area contributed by atoms with E-state index < -0.39 is 11.3 Å². The summed E-state index contributed by atoms with van der Waals surface area (Å²) in [5.74, 6) is -0.103. The zero-order chi connectivity index (χ0) is 8.69. The van der Waals surface area contributed by atoms with Gasteiger partial charge >= 0.3 is 0 Å². The Bertz CT molecular complexity index is 135. The van der Waals surface area contributed by atoms with Crippen LogP contribution >= 0.6 is 0 Å². The number of hydrogen-bond acceptors (Lipinski definition) is 3. The smallest absolute Gasteiger partial charge is 0.216 e. The summed E-state index contributed by atoms with van der Waals surface area (Å²) >= 11 is -2.19. The average Bonchev–Trinajstić information content (AvgIpc) is 1.85. The Labute approximate surface area is 68.0 Å². The van der Waals surface area contributed by atoms with Crippen molar-refractivity contribution >= 4 is 17.2 Å². The average molecular weight is 179 g/mol. The molecule has 0 spiro atoms. The molecule has 0 radical (unpaired) electrons. The van der Waals surface area contributed by atoms with Crippen LogP contribution < -0.4 is 10.0 Å². The van der Waals surface area contributed by atoms with Crippen LogP contribution in [-0.4, -0.2) is 27.8 Å². The minimum Gasteiger partial charge on any atom is -0.760 e. The lowest BCUT2D eigenvalue weighted by atomic mass is 10.4. The first-order valence-corrected chi connectivity index (χ1v) is 4.27. The molecule has 0 aromatic carbocycles. The van der Waals surface area contributed by atoms with Crippen LogP contribution in [0.15, 0.2) is 0 Å². The highest BCUT2D eigenvalue weighted by Gasteiger charge is 1.89. The summed E-state index contributed by atoms with van der Waals surface area (Å²) in [6.07, 6.45) is 0.605. The largest absolute Gasteiger partial charge is 0.760 e. The van der Waals surface area contributed by atoms with Gasteiger partial charge in [-0.2, -0.15) is 0 Å². The highest BCUT2D eigenvalue weighted by molar-refractivity contribution is 7.77. The maximum absolute atomic E-state index is 10.3. The van der Waals surface area contributed by atoms with E-state index in [9.17, 15) is 13.6 Å². The van der Waals surface area contributed by atoms with Crippen molar-refractivity contribution in [3.05, 3.63) is 0 Å². The van der Waals surface area contributed by atoms with Crippen molar-refractivity contribution in [2.24, 2.45) is 0 Å². The van der Waals surface area contributed by atoms with Gasteiger partial charge in [0.1, 0.15) is 0 Å². The number of amides is 1. The quantitative estimate of drug-likeness (QED) is 0.415. The monoisotopic (exact) mass is 179 g/mol. The molecule has 2 N–H and O–H groups in total. The first kappa shape index (κ1) is 10.5. The fourth-order valence-corrected chi connectivity index (χ4v) is 0.819. The van der Waals surface area contributed by atoms with E-state index >= 15 is 0 Å². The molecule has 6 heteroatoms. The second-order valence-corrected chi connectivity index (χ2v) is 2.72. The Morgan fingerprint density at radius 1 is 1.55 bits per heavy atom. The van der Waals surface area contributed by atoms with E-state index in [0.29, 0.717) is 19.5 Å². The van der Waals surface area contributed by atoms with Crippen LogP contribution in [0.1, 0.15) is 13.3 Å². The van der Waals surface area contributed by atoms with Crippen molar-refractivity contribution < 1.29 is 13.6 Å².